The van der Waals surface area contributed by atoms with E-state index in [0.717, 1.165) is 6.54 Å². The number of rotatable bonds is 3. The molecule has 4 heteroatoms. The minimum Gasteiger partial charge on any atom is -1.00 e. The Kier molecular flexibility index (Phi) is 5.45. The topological polar surface area (TPSA) is 21.7 Å². The molecule has 0 fully saturated rings. The summed E-state index contributed by atoms with van der Waals surface area (Å²) in [6.45, 7) is 3.22. The number of aryl methyl sites for hydroxylation is 2. The Morgan fingerprint density at radius 1 is 1.55 bits per heavy atom. The molecule has 0 atom stereocenters. The van der Waals surface area contributed by atoms with Gasteiger partial charge in [-0.25, -0.2) is 4.57 Å². The molecule has 0 aliphatic carbocycles. The van der Waals surface area contributed by atoms with Gasteiger partial charge < -0.3 is 24.0 Å². The minimum absolute atomic E-state index is 0. The fourth-order valence-corrected chi connectivity index (χ4v) is 0.853. The van der Waals surface area contributed by atoms with Crippen LogP contribution in [0.3, 0.4) is 0 Å². The average molecular weight is 267 g/mol. The van der Waals surface area contributed by atoms with E-state index in [1.165, 1.54) is 12.8 Å². The first-order valence-corrected chi connectivity index (χ1v) is 3.70. The predicted octanol–water partition coefficient (Wildman–Crippen LogP) is -2.49. The normalized spacial score (nSPS) is 9.27. The molecule has 1 rings (SSSR count). The van der Waals surface area contributed by atoms with Crippen LogP contribution in [0.15, 0.2) is 12.7 Å². The summed E-state index contributed by atoms with van der Waals surface area (Å²) in [6.07, 6.45) is 6.25. The van der Waals surface area contributed by atoms with Crippen LogP contribution >= 0.6 is 0 Å². The Bertz CT molecular complexity index is 197. The third-order valence-corrected chi connectivity index (χ3v) is 1.44. The minimum atomic E-state index is 0. The zero-order chi connectivity index (χ0) is 7.40. The molecule has 11 heavy (non-hydrogen) atoms. The Morgan fingerprint density at radius 2 is 2.27 bits per heavy atom. The van der Waals surface area contributed by atoms with E-state index < -0.39 is 0 Å². The summed E-state index contributed by atoms with van der Waals surface area (Å²) < 4.78 is 3.92. The third-order valence-electron chi connectivity index (χ3n) is 1.44. The van der Waals surface area contributed by atoms with Gasteiger partial charge in [0.05, 0.1) is 7.05 Å². The number of hydrogen-bond acceptors (Lipinski definition) is 1. The SMILES string of the molecule is CCCCn1c[n+](C)cn1.[I-]. The summed E-state index contributed by atoms with van der Waals surface area (Å²) in [5.41, 5.74) is 0. The number of hydrogen-bond donors (Lipinski definition) is 0. The van der Waals surface area contributed by atoms with Gasteiger partial charge in [0.2, 0.25) is 6.33 Å². The lowest BCUT2D eigenvalue weighted by Gasteiger charge is -1.87. The zero-order valence-electron chi connectivity index (χ0n) is 7.00. The van der Waals surface area contributed by atoms with Crippen LogP contribution in [0.2, 0.25) is 0 Å². The number of halogens is 1. The van der Waals surface area contributed by atoms with Crippen LogP contribution in [0.4, 0.5) is 0 Å². The third kappa shape index (κ3) is 3.69. The van der Waals surface area contributed by atoms with E-state index in [2.05, 4.69) is 12.0 Å². The van der Waals surface area contributed by atoms with E-state index in [0.29, 0.717) is 0 Å². The molecule has 1 heterocycles. The summed E-state index contributed by atoms with van der Waals surface area (Å²) in [5, 5.41) is 4.13. The first kappa shape index (κ1) is 10.9. The Balaban J connectivity index is 0.000001000. The van der Waals surface area contributed by atoms with Crippen molar-refractivity contribution in [3.8, 4) is 0 Å². The van der Waals surface area contributed by atoms with Crippen LogP contribution < -0.4 is 28.5 Å². The molecule has 0 aliphatic heterocycles. The molecule has 0 bridgehead atoms. The zero-order valence-corrected chi connectivity index (χ0v) is 9.15. The smallest absolute Gasteiger partial charge is 0.264 e. The van der Waals surface area contributed by atoms with Crippen LogP contribution in [0, 0.1) is 0 Å². The van der Waals surface area contributed by atoms with Crippen LogP contribution in [0.25, 0.3) is 0 Å². The van der Waals surface area contributed by atoms with Gasteiger partial charge in [0.25, 0.3) is 6.33 Å². The second-order valence-electron chi connectivity index (χ2n) is 2.53. The summed E-state index contributed by atoms with van der Waals surface area (Å²) in [7, 11) is 1.98. The molecule has 3 nitrogen and oxygen atoms in total. The van der Waals surface area contributed by atoms with E-state index in [4.69, 9.17) is 0 Å². The molecule has 0 aromatic carbocycles. The molecule has 0 saturated carbocycles. The van der Waals surface area contributed by atoms with E-state index in [1.54, 1.807) is 0 Å². The lowest BCUT2D eigenvalue weighted by molar-refractivity contribution is -0.672. The highest BCUT2D eigenvalue weighted by Crippen LogP contribution is 1.89. The molecule has 0 N–H and O–H groups in total. The van der Waals surface area contributed by atoms with Crippen molar-refractivity contribution in [3.05, 3.63) is 12.7 Å². The van der Waals surface area contributed by atoms with Gasteiger partial charge in [0.15, 0.2) is 0 Å². The maximum absolute atomic E-state index is 4.13. The maximum Gasteiger partial charge on any atom is 0.264 e. The summed E-state index contributed by atoms with van der Waals surface area (Å²) in [6, 6.07) is 0. The van der Waals surface area contributed by atoms with Gasteiger partial charge in [-0.1, -0.05) is 13.3 Å². The van der Waals surface area contributed by atoms with E-state index in [-0.39, 0.29) is 24.0 Å². The molecular weight excluding hydrogens is 253 g/mol. The van der Waals surface area contributed by atoms with Gasteiger partial charge in [0.1, 0.15) is 6.54 Å². The van der Waals surface area contributed by atoms with Crippen molar-refractivity contribution in [2.45, 2.75) is 26.3 Å². The lowest BCUT2D eigenvalue weighted by Crippen LogP contribution is -3.00. The van der Waals surface area contributed by atoms with Gasteiger partial charge in [-0.2, -0.15) is 0 Å². The molecule has 0 spiro atoms. The molecule has 0 radical (unpaired) electrons. The highest BCUT2D eigenvalue weighted by Gasteiger charge is 1.99. The van der Waals surface area contributed by atoms with E-state index in [1.807, 2.05) is 29.0 Å². The van der Waals surface area contributed by atoms with Gasteiger partial charge in [-0.05, 0) is 6.42 Å². The second-order valence-corrected chi connectivity index (χ2v) is 2.53. The Labute approximate surface area is 84.4 Å². The number of nitrogens with zero attached hydrogens (tertiary/aromatic N) is 3. The van der Waals surface area contributed by atoms with Crippen molar-refractivity contribution in [2.24, 2.45) is 7.05 Å². The first-order chi connectivity index (χ1) is 4.83. The largest absolute Gasteiger partial charge is 1.00 e. The summed E-state index contributed by atoms with van der Waals surface area (Å²) in [4.78, 5) is 0. The molecule has 0 saturated heterocycles. The summed E-state index contributed by atoms with van der Waals surface area (Å²) in [5.74, 6) is 0. The van der Waals surface area contributed by atoms with E-state index >= 15 is 0 Å². The summed E-state index contributed by atoms with van der Waals surface area (Å²) >= 11 is 0. The highest BCUT2D eigenvalue weighted by molar-refractivity contribution is 4.44. The molecule has 0 aliphatic rings. The fraction of sp³-hybridized carbons (Fsp3) is 0.714. The van der Waals surface area contributed by atoms with Crippen molar-refractivity contribution in [1.82, 2.24) is 9.78 Å². The molecular formula is C7H14IN3. The van der Waals surface area contributed by atoms with Crippen LogP contribution in [-0.2, 0) is 13.6 Å². The maximum atomic E-state index is 4.13. The monoisotopic (exact) mass is 267 g/mol. The number of aromatic nitrogens is 3. The fourth-order valence-electron chi connectivity index (χ4n) is 0.853. The average Bonchev–Trinajstić information content (AvgIpc) is 2.31. The molecule has 0 unspecified atom stereocenters. The van der Waals surface area contributed by atoms with Gasteiger partial charge in [-0.15, -0.1) is 4.68 Å². The first-order valence-electron chi connectivity index (χ1n) is 3.70. The lowest BCUT2D eigenvalue weighted by atomic mass is 10.3. The van der Waals surface area contributed by atoms with Gasteiger partial charge >= 0.3 is 0 Å². The van der Waals surface area contributed by atoms with Crippen molar-refractivity contribution < 1.29 is 28.5 Å². The van der Waals surface area contributed by atoms with Crippen molar-refractivity contribution in [1.29, 1.82) is 0 Å². The van der Waals surface area contributed by atoms with Crippen molar-refractivity contribution in [3.63, 3.8) is 0 Å². The number of unbranched alkanes of at least 4 members (excludes halogenated alkanes) is 1. The van der Waals surface area contributed by atoms with Gasteiger partial charge in [-0.3, -0.25) is 0 Å². The van der Waals surface area contributed by atoms with Crippen LogP contribution in [0.1, 0.15) is 19.8 Å². The second kappa shape index (κ2) is 5.51. The van der Waals surface area contributed by atoms with Crippen LogP contribution in [0.5, 0.6) is 0 Å². The Morgan fingerprint density at radius 3 is 2.73 bits per heavy atom. The van der Waals surface area contributed by atoms with E-state index in [9.17, 15) is 0 Å². The molecule has 0 amide bonds. The quantitative estimate of drug-likeness (QED) is 0.439. The molecule has 64 valence electrons. The molecule has 1 aromatic rings. The van der Waals surface area contributed by atoms with Crippen molar-refractivity contribution >= 4 is 0 Å². The standard InChI is InChI=1S/C7H14N3.HI/c1-3-4-5-10-7-9(2)6-8-10;/h6-7H,3-5H2,1-2H3;1H/q+1;/p-1. The van der Waals surface area contributed by atoms with Gasteiger partial charge in [0, 0.05) is 5.10 Å². The Hall–Kier alpha value is -0.130. The molecule has 1 aromatic heterocycles. The van der Waals surface area contributed by atoms with Crippen molar-refractivity contribution in [2.75, 3.05) is 0 Å². The highest BCUT2D eigenvalue weighted by atomic mass is 127. The predicted molar refractivity (Wildman–Crippen MR) is 38.3 cm³/mol. The van der Waals surface area contributed by atoms with Crippen LogP contribution in [-0.4, -0.2) is 9.78 Å².